The largest absolute Gasteiger partial charge is 0.494 e. The summed E-state index contributed by atoms with van der Waals surface area (Å²) in [5.74, 6) is 1.19. The molecular weight excluding hydrogens is 558 g/mol. The lowest BCUT2D eigenvalue weighted by molar-refractivity contribution is -0.111. The Kier molecular flexibility index (Phi) is 9.66. The fourth-order valence-electron chi connectivity index (χ4n) is 5.44. The third kappa shape index (κ3) is 6.63. The number of hydrogen-bond donors (Lipinski definition) is 2. The lowest BCUT2D eigenvalue weighted by atomic mass is 10.0. The zero-order valence-corrected chi connectivity index (χ0v) is 26.1. The molecule has 5 rings (SSSR count). The number of amides is 1. The molecule has 0 unspecified atom stereocenters. The molecule has 0 aliphatic carbocycles. The first-order valence-electron chi connectivity index (χ1n) is 14.7. The van der Waals surface area contributed by atoms with Crippen LogP contribution in [0, 0.1) is 0 Å². The summed E-state index contributed by atoms with van der Waals surface area (Å²) in [7, 11) is 9.27. The molecule has 4 aromatic rings. The van der Waals surface area contributed by atoms with Gasteiger partial charge in [-0.2, -0.15) is 0 Å². The molecule has 2 aromatic heterocycles. The van der Waals surface area contributed by atoms with Crippen LogP contribution in [0.5, 0.6) is 11.5 Å². The summed E-state index contributed by atoms with van der Waals surface area (Å²) in [5.41, 5.74) is 6.24. The Hall–Kier alpha value is -4.61. The molecule has 2 aromatic carbocycles. The predicted molar refractivity (Wildman–Crippen MR) is 176 cm³/mol. The van der Waals surface area contributed by atoms with Crippen molar-refractivity contribution in [3.8, 4) is 22.8 Å². The van der Waals surface area contributed by atoms with Gasteiger partial charge < -0.3 is 39.2 Å². The van der Waals surface area contributed by atoms with Gasteiger partial charge in [0.1, 0.15) is 18.1 Å². The number of likely N-dealkylation sites (N-methyl/N-ethyl adjacent to an activating group) is 2. The van der Waals surface area contributed by atoms with Crippen LogP contribution in [0.1, 0.15) is 12.0 Å². The minimum Gasteiger partial charge on any atom is -0.494 e. The number of methoxy groups -OCH3 is 2. The average molecular weight is 600 g/mol. The Morgan fingerprint density at radius 2 is 1.95 bits per heavy atom. The Labute approximate surface area is 258 Å². The standard InChI is InChI=1S/C33H41N7O4/c1-7-30(41)35-25-18-26(28(43-6)19-27(25)39(4)15-14-38(2)3)36-33-34-20-29(44-17-16-42-5)31(37-33)24-21-40-13-9-11-22-10-8-12-23(24)32(22)40/h7-8,10,12,18-21H,1,9,11,13-17H2,2-6H3,(H,35,41)(H,34,36,37). The van der Waals surface area contributed by atoms with Crippen molar-refractivity contribution in [3.05, 3.63) is 60.9 Å². The van der Waals surface area contributed by atoms with Crippen LogP contribution in [0.2, 0.25) is 0 Å². The highest BCUT2D eigenvalue weighted by molar-refractivity contribution is 6.02. The lowest BCUT2D eigenvalue weighted by Gasteiger charge is -2.26. The number of para-hydroxylation sites is 1. The third-order valence-electron chi connectivity index (χ3n) is 7.68. The molecule has 232 valence electrons. The fraction of sp³-hybridized carbons (Fsp3) is 0.364. The SMILES string of the molecule is C=CC(=O)Nc1cc(Nc2ncc(OCCOC)c(-c3cn4c5c(cccc35)CCC4)n2)c(OC)cc1N(C)CCN(C)C. The first-order valence-corrected chi connectivity index (χ1v) is 14.7. The van der Waals surface area contributed by atoms with Crippen LogP contribution in [0.3, 0.4) is 0 Å². The molecule has 0 saturated heterocycles. The van der Waals surface area contributed by atoms with E-state index < -0.39 is 0 Å². The Balaban J connectivity index is 1.56. The van der Waals surface area contributed by atoms with Gasteiger partial charge in [-0.3, -0.25) is 4.79 Å². The van der Waals surface area contributed by atoms with Crippen molar-refractivity contribution < 1.29 is 19.0 Å². The monoisotopic (exact) mass is 599 g/mol. The molecule has 11 nitrogen and oxygen atoms in total. The molecule has 2 N–H and O–H groups in total. The summed E-state index contributed by atoms with van der Waals surface area (Å²) in [6, 6.07) is 10.1. The number of rotatable bonds is 14. The highest BCUT2D eigenvalue weighted by atomic mass is 16.5. The van der Waals surface area contributed by atoms with Gasteiger partial charge in [0.25, 0.3) is 0 Å². The number of nitrogens with zero attached hydrogens (tertiary/aromatic N) is 5. The van der Waals surface area contributed by atoms with Gasteiger partial charge in [0.05, 0.1) is 42.5 Å². The van der Waals surface area contributed by atoms with E-state index in [-0.39, 0.29) is 5.91 Å². The number of anilines is 4. The van der Waals surface area contributed by atoms with Crippen molar-refractivity contribution in [2.24, 2.45) is 0 Å². The van der Waals surface area contributed by atoms with Crippen LogP contribution in [0.25, 0.3) is 22.2 Å². The number of benzene rings is 2. The lowest BCUT2D eigenvalue weighted by Crippen LogP contribution is -2.29. The van der Waals surface area contributed by atoms with Crippen molar-refractivity contribution in [1.82, 2.24) is 19.4 Å². The van der Waals surface area contributed by atoms with Gasteiger partial charge >= 0.3 is 0 Å². The number of carbonyl (C=O) groups excluding carboxylic acids is 1. The molecule has 1 aliphatic heterocycles. The second-order valence-corrected chi connectivity index (χ2v) is 11.0. The van der Waals surface area contributed by atoms with E-state index in [1.807, 2.05) is 33.3 Å². The highest BCUT2D eigenvalue weighted by Gasteiger charge is 2.22. The predicted octanol–water partition coefficient (Wildman–Crippen LogP) is 4.94. The first-order chi connectivity index (χ1) is 21.3. The number of nitrogens with one attached hydrogen (secondary N) is 2. The van der Waals surface area contributed by atoms with Gasteiger partial charge in [0, 0.05) is 57.0 Å². The maximum absolute atomic E-state index is 12.4. The smallest absolute Gasteiger partial charge is 0.247 e. The number of carbonyl (C=O) groups is 1. The van der Waals surface area contributed by atoms with Crippen molar-refractivity contribution in [3.63, 3.8) is 0 Å². The topological polar surface area (TPSA) is 106 Å². The van der Waals surface area contributed by atoms with Crippen LogP contribution in [-0.4, -0.2) is 87.0 Å². The second kappa shape index (κ2) is 13.8. The zero-order chi connectivity index (χ0) is 31.2. The van der Waals surface area contributed by atoms with E-state index in [1.165, 1.54) is 17.2 Å². The zero-order valence-electron chi connectivity index (χ0n) is 26.1. The van der Waals surface area contributed by atoms with Gasteiger partial charge in [-0.1, -0.05) is 24.8 Å². The normalized spacial score (nSPS) is 12.3. The van der Waals surface area contributed by atoms with Crippen molar-refractivity contribution in [2.45, 2.75) is 19.4 Å². The Morgan fingerprint density at radius 3 is 2.70 bits per heavy atom. The summed E-state index contributed by atoms with van der Waals surface area (Å²) in [6.07, 6.45) is 7.24. The minimum atomic E-state index is -0.312. The van der Waals surface area contributed by atoms with Crippen LogP contribution in [0.15, 0.2) is 55.4 Å². The molecule has 11 heteroatoms. The van der Waals surface area contributed by atoms with Crippen molar-refractivity contribution in [1.29, 1.82) is 0 Å². The van der Waals surface area contributed by atoms with Crippen LogP contribution >= 0.6 is 0 Å². The van der Waals surface area contributed by atoms with E-state index in [9.17, 15) is 4.79 Å². The van der Waals surface area contributed by atoms with Crippen LogP contribution < -0.4 is 25.0 Å². The molecule has 44 heavy (non-hydrogen) atoms. The van der Waals surface area contributed by atoms with Crippen LogP contribution in [0.4, 0.5) is 23.0 Å². The summed E-state index contributed by atoms with van der Waals surface area (Å²) in [4.78, 5) is 26.1. The number of hydrogen-bond acceptors (Lipinski definition) is 9. The average Bonchev–Trinajstić information content (AvgIpc) is 3.40. The molecule has 0 atom stereocenters. The highest BCUT2D eigenvalue weighted by Crippen LogP contribution is 2.41. The number of aromatic nitrogens is 3. The van der Waals surface area contributed by atoms with Crippen molar-refractivity contribution in [2.75, 3.05) is 77.2 Å². The first kappa shape index (κ1) is 30.8. The second-order valence-electron chi connectivity index (χ2n) is 11.0. The molecule has 1 aliphatic rings. The van der Waals surface area contributed by atoms with Gasteiger partial charge in [-0.25, -0.2) is 9.97 Å². The minimum absolute atomic E-state index is 0.312. The molecule has 0 bridgehead atoms. The van der Waals surface area contributed by atoms with Gasteiger partial charge in [-0.15, -0.1) is 0 Å². The van der Waals surface area contributed by atoms with E-state index >= 15 is 0 Å². The van der Waals surface area contributed by atoms with Gasteiger partial charge in [0.2, 0.25) is 11.9 Å². The maximum atomic E-state index is 12.4. The fourth-order valence-corrected chi connectivity index (χ4v) is 5.44. The molecule has 0 spiro atoms. The van der Waals surface area contributed by atoms with Crippen LogP contribution in [-0.2, 0) is 22.5 Å². The third-order valence-corrected chi connectivity index (χ3v) is 7.68. The molecule has 3 heterocycles. The van der Waals surface area contributed by atoms with E-state index in [0.29, 0.717) is 47.7 Å². The summed E-state index contributed by atoms with van der Waals surface area (Å²) < 4.78 is 19.4. The molecule has 0 radical (unpaired) electrons. The number of ether oxygens (including phenoxy) is 3. The molecule has 0 saturated carbocycles. The summed E-state index contributed by atoms with van der Waals surface area (Å²) in [6.45, 7) is 6.95. The maximum Gasteiger partial charge on any atom is 0.247 e. The number of aryl methyl sites for hydroxylation is 2. The quantitative estimate of drug-likeness (QED) is 0.154. The molecular formula is C33H41N7O4. The van der Waals surface area contributed by atoms with E-state index in [2.05, 4.69) is 61.0 Å². The Bertz CT molecular complexity index is 1650. The molecule has 0 fully saturated rings. The van der Waals surface area contributed by atoms with Crippen molar-refractivity contribution >= 4 is 39.8 Å². The Morgan fingerprint density at radius 1 is 1.11 bits per heavy atom. The van der Waals surface area contributed by atoms with E-state index in [1.54, 1.807) is 20.4 Å². The van der Waals surface area contributed by atoms with Gasteiger partial charge in [0.15, 0.2) is 5.75 Å². The van der Waals surface area contributed by atoms with E-state index in [4.69, 9.17) is 19.2 Å². The summed E-state index contributed by atoms with van der Waals surface area (Å²) in [5, 5.41) is 7.39. The van der Waals surface area contributed by atoms with E-state index in [0.717, 1.165) is 49.1 Å². The summed E-state index contributed by atoms with van der Waals surface area (Å²) >= 11 is 0. The molecule has 1 amide bonds. The van der Waals surface area contributed by atoms with Gasteiger partial charge in [-0.05, 0) is 44.6 Å².